The zero-order chi connectivity index (χ0) is 18.1. The van der Waals surface area contributed by atoms with Gasteiger partial charge in [0.2, 0.25) is 11.8 Å². The summed E-state index contributed by atoms with van der Waals surface area (Å²) < 4.78 is 5.33. The third kappa shape index (κ3) is 3.22. The molecule has 1 amide bonds. The molecule has 7 nitrogen and oxygen atoms in total. The first-order chi connectivity index (χ1) is 12.6. The summed E-state index contributed by atoms with van der Waals surface area (Å²) in [6, 6.07) is 3.92. The highest BCUT2D eigenvalue weighted by Crippen LogP contribution is 2.32. The molecule has 1 fully saturated rings. The number of aromatic nitrogens is 3. The van der Waals surface area contributed by atoms with Gasteiger partial charge in [-0.3, -0.25) is 4.79 Å². The van der Waals surface area contributed by atoms with Gasteiger partial charge in [-0.05, 0) is 50.7 Å². The number of H-pyrrole nitrogens is 1. The molecule has 0 aromatic carbocycles. The second-order valence-electron chi connectivity index (χ2n) is 7.10. The fraction of sp³-hybridized carbons (Fsp3) is 0.421. The van der Waals surface area contributed by atoms with Crippen LogP contribution in [0.2, 0.25) is 0 Å². The van der Waals surface area contributed by atoms with Crippen molar-refractivity contribution in [2.24, 2.45) is 17.6 Å². The minimum absolute atomic E-state index is 0.0402. The van der Waals surface area contributed by atoms with E-state index in [0.29, 0.717) is 17.5 Å². The highest BCUT2D eigenvalue weighted by molar-refractivity contribution is 6.02. The lowest BCUT2D eigenvalue weighted by molar-refractivity contribution is -0.121. The van der Waals surface area contributed by atoms with Crippen molar-refractivity contribution in [3.63, 3.8) is 0 Å². The molecule has 7 heteroatoms. The normalized spacial score (nSPS) is 21.6. The summed E-state index contributed by atoms with van der Waals surface area (Å²) in [6.45, 7) is 2.05. The summed E-state index contributed by atoms with van der Waals surface area (Å²) in [6.07, 6.45) is 8.60. The number of amides is 1. The van der Waals surface area contributed by atoms with Crippen LogP contribution in [0.25, 0.3) is 22.6 Å². The van der Waals surface area contributed by atoms with Crippen LogP contribution in [0.3, 0.4) is 0 Å². The average molecular weight is 353 g/mol. The van der Waals surface area contributed by atoms with Crippen molar-refractivity contribution < 1.29 is 9.21 Å². The quantitative estimate of drug-likeness (QED) is 0.666. The number of nitrogens with one attached hydrogen (secondary N) is 2. The van der Waals surface area contributed by atoms with Crippen LogP contribution in [0.4, 0.5) is 5.69 Å². The van der Waals surface area contributed by atoms with Crippen LogP contribution in [0.5, 0.6) is 0 Å². The maximum absolute atomic E-state index is 12.7. The first kappa shape index (κ1) is 16.8. The number of rotatable bonds is 4. The SMILES string of the molecule is CC(N)C1CCC(C(=O)Nc2ccnc3[nH]c(-c4ncco4)cc23)CC1. The maximum Gasteiger partial charge on any atom is 0.242 e. The van der Waals surface area contributed by atoms with Crippen LogP contribution in [0.15, 0.2) is 35.2 Å². The van der Waals surface area contributed by atoms with Crippen molar-refractivity contribution in [2.45, 2.75) is 38.6 Å². The van der Waals surface area contributed by atoms with E-state index in [1.54, 1.807) is 12.4 Å². The van der Waals surface area contributed by atoms with Crippen molar-refractivity contribution in [1.82, 2.24) is 15.0 Å². The summed E-state index contributed by atoms with van der Waals surface area (Å²) in [5.74, 6) is 1.13. The third-order valence-electron chi connectivity index (χ3n) is 5.34. The first-order valence-corrected chi connectivity index (χ1v) is 9.06. The van der Waals surface area contributed by atoms with Gasteiger partial charge in [-0.25, -0.2) is 9.97 Å². The molecule has 4 rings (SSSR count). The molecule has 3 heterocycles. The van der Waals surface area contributed by atoms with E-state index in [4.69, 9.17) is 10.2 Å². The molecule has 1 saturated carbocycles. The second kappa shape index (κ2) is 6.92. The Morgan fingerprint density at radius 2 is 2.12 bits per heavy atom. The number of pyridine rings is 1. The van der Waals surface area contributed by atoms with Gasteiger partial charge in [0.15, 0.2) is 0 Å². The molecule has 1 aliphatic carbocycles. The van der Waals surface area contributed by atoms with E-state index in [2.05, 4.69) is 27.2 Å². The predicted octanol–water partition coefficient (Wildman–Crippen LogP) is 3.31. The number of nitrogens with zero attached hydrogens (tertiary/aromatic N) is 2. The third-order valence-corrected chi connectivity index (χ3v) is 5.34. The molecule has 136 valence electrons. The van der Waals surface area contributed by atoms with Crippen molar-refractivity contribution in [1.29, 1.82) is 0 Å². The summed E-state index contributed by atoms with van der Waals surface area (Å²) in [5, 5.41) is 3.92. The summed E-state index contributed by atoms with van der Waals surface area (Å²) in [7, 11) is 0. The van der Waals surface area contributed by atoms with Crippen molar-refractivity contribution in [3.05, 3.63) is 30.8 Å². The highest BCUT2D eigenvalue weighted by Gasteiger charge is 2.28. The largest absolute Gasteiger partial charge is 0.443 e. The lowest BCUT2D eigenvalue weighted by atomic mass is 9.79. The van der Waals surface area contributed by atoms with E-state index in [0.717, 1.165) is 42.5 Å². The number of hydrogen-bond donors (Lipinski definition) is 3. The number of oxazole rings is 1. The Labute approximate surface area is 151 Å². The number of carbonyl (C=O) groups excluding carboxylic acids is 1. The molecule has 0 spiro atoms. The monoisotopic (exact) mass is 353 g/mol. The van der Waals surface area contributed by atoms with Gasteiger partial charge in [-0.1, -0.05) is 0 Å². The van der Waals surface area contributed by atoms with Crippen LogP contribution < -0.4 is 11.1 Å². The lowest BCUT2D eigenvalue weighted by Gasteiger charge is -2.30. The van der Waals surface area contributed by atoms with Crippen LogP contribution >= 0.6 is 0 Å². The minimum Gasteiger partial charge on any atom is -0.443 e. The Morgan fingerprint density at radius 3 is 2.81 bits per heavy atom. The standard InChI is InChI=1S/C19H23N5O2/c1-11(20)12-2-4-13(5-3-12)18(25)24-15-6-7-21-17-14(15)10-16(23-17)19-22-8-9-26-19/h6-13H,2-5,20H2,1H3,(H2,21,23,24,25). The van der Waals surface area contributed by atoms with Crippen LogP contribution in [-0.4, -0.2) is 26.9 Å². The van der Waals surface area contributed by atoms with E-state index in [-0.39, 0.29) is 17.9 Å². The molecular formula is C19H23N5O2. The summed E-state index contributed by atoms with van der Waals surface area (Å²) >= 11 is 0. The molecule has 4 N–H and O–H groups in total. The fourth-order valence-electron chi connectivity index (χ4n) is 3.75. The molecule has 0 radical (unpaired) electrons. The van der Waals surface area contributed by atoms with Crippen molar-refractivity contribution >= 4 is 22.6 Å². The molecule has 3 aromatic heterocycles. The molecule has 0 aliphatic heterocycles. The first-order valence-electron chi connectivity index (χ1n) is 9.06. The van der Waals surface area contributed by atoms with Crippen LogP contribution in [0, 0.1) is 11.8 Å². The van der Waals surface area contributed by atoms with Gasteiger partial charge in [-0.15, -0.1) is 0 Å². The van der Waals surface area contributed by atoms with Gasteiger partial charge in [0.25, 0.3) is 0 Å². The number of carbonyl (C=O) groups is 1. The van der Waals surface area contributed by atoms with Crippen LogP contribution in [-0.2, 0) is 4.79 Å². The number of aromatic amines is 1. The highest BCUT2D eigenvalue weighted by atomic mass is 16.3. The van der Waals surface area contributed by atoms with Gasteiger partial charge < -0.3 is 20.5 Å². The van der Waals surface area contributed by atoms with Gasteiger partial charge in [0.05, 0.1) is 11.9 Å². The predicted molar refractivity (Wildman–Crippen MR) is 99.3 cm³/mol. The maximum atomic E-state index is 12.7. The molecule has 26 heavy (non-hydrogen) atoms. The minimum atomic E-state index is 0.0402. The van der Waals surface area contributed by atoms with Gasteiger partial charge in [0.1, 0.15) is 17.6 Å². The Kier molecular flexibility index (Phi) is 4.46. The molecule has 0 bridgehead atoms. The smallest absolute Gasteiger partial charge is 0.242 e. The molecule has 1 aliphatic rings. The molecule has 1 unspecified atom stereocenters. The second-order valence-corrected chi connectivity index (χ2v) is 7.10. The lowest BCUT2D eigenvalue weighted by Crippen LogP contribution is -2.33. The Balaban J connectivity index is 1.51. The molecule has 3 aromatic rings. The zero-order valence-corrected chi connectivity index (χ0v) is 14.7. The molecule has 1 atom stereocenters. The topological polar surface area (TPSA) is 110 Å². The van der Waals surface area contributed by atoms with Crippen LogP contribution in [0.1, 0.15) is 32.6 Å². The van der Waals surface area contributed by atoms with E-state index in [9.17, 15) is 4.79 Å². The molecule has 0 saturated heterocycles. The molecular weight excluding hydrogens is 330 g/mol. The Morgan fingerprint density at radius 1 is 1.31 bits per heavy atom. The van der Waals surface area contributed by atoms with Crippen molar-refractivity contribution in [3.8, 4) is 11.6 Å². The van der Waals surface area contributed by atoms with E-state index < -0.39 is 0 Å². The average Bonchev–Trinajstić information content (AvgIpc) is 3.31. The number of hydrogen-bond acceptors (Lipinski definition) is 5. The van der Waals surface area contributed by atoms with E-state index >= 15 is 0 Å². The summed E-state index contributed by atoms with van der Waals surface area (Å²) in [5.41, 5.74) is 8.17. The number of nitrogens with two attached hydrogens (primary N) is 1. The Hall–Kier alpha value is -2.67. The van der Waals surface area contributed by atoms with E-state index in [1.807, 2.05) is 12.1 Å². The number of anilines is 1. The number of fused-ring (bicyclic) bond motifs is 1. The van der Waals surface area contributed by atoms with Gasteiger partial charge in [-0.2, -0.15) is 0 Å². The van der Waals surface area contributed by atoms with Crippen molar-refractivity contribution in [2.75, 3.05) is 5.32 Å². The fourth-order valence-corrected chi connectivity index (χ4v) is 3.75. The van der Waals surface area contributed by atoms with Gasteiger partial charge >= 0.3 is 0 Å². The zero-order valence-electron chi connectivity index (χ0n) is 14.7. The van der Waals surface area contributed by atoms with E-state index in [1.165, 1.54) is 6.26 Å². The summed E-state index contributed by atoms with van der Waals surface area (Å²) in [4.78, 5) is 24.4. The Bertz CT molecular complexity index is 892. The van der Waals surface area contributed by atoms with Gasteiger partial charge in [0, 0.05) is 23.5 Å².